The maximum atomic E-state index is 12.4. The van der Waals surface area contributed by atoms with Gasteiger partial charge in [0.25, 0.3) is 0 Å². The summed E-state index contributed by atoms with van der Waals surface area (Å²) in [5, 5.41) is 5.11. The van der Waals surface area contributed by atoms with Crippen molar-refractivity contribution in [2.45, 2.75) is 19.8 Å². The molecule has 0 atom stereocenters. The molecule has 0 fully saturated rings. The van der Waals surface area contributed by atoms with E-state index in [0.29, 0.717) is 31.1 Å². The predicted octanol–water partition coefficient (Wildman–Crippen LogP) is 5.46. The van der Waals surface area contributed by atoms with Crippen LogP contribution in [0.3, 0.4) is 0 Å². The minimum Gasteiger partial charge on any atom is -0.494 e. The monoisotopic (exact) mass is 386 g/mol. The molecule has 1 aromatic heterocycles. The summed E-state index contributed by atoms with van der Waals surface area (Å²) in [6, 6.07) is 21.5. The number of carbonyl (C=O) groups excluding carboxylic acids is 1. The number of amides is 1. The topological polar surface area (TPSA) is 64.4 Å². The maximum Gasteiger partial charge on any atom is 0.224 e. The van der Waals surface area contributed by atoms with Gasteiger partial charge in [-0.1, -0.05) is 36.4 Å². The minimum absolute atomic E-state index is 0.0674. The fourth-order valence-corrected chi connectivity index (χ4v) is 3.21. The third kappa shape index (κ3) is 4.46. The number of oxazole rings is 1. The van der Waals surface area contributed by atoms with Crippen molar-refractivity contribution in [1.29, 1.82) is 0 Å². The largest absolute Gasteiger partial charge is 0.494 e. The fraction of sp³-hybridized carbons (Fsp3) is 0.167. The van der Waals surface area contributed by atoms with E-state index in [0.717, 1.165) is 27.8 Å². The summed E-state index contributed by atoms with van der Waals surface area (Å²) in [6.45, 7) is 2.58. The van der Waals surface area contributed by atoms with Gasteiger partial charge in [0.15, 0.2) is 11.7 Å². The van der Waals surface area contributed by atoms with E-state index in [2.05, 4.69) is 10.3 Å². The molecule has 1 heterocycles. The van der Waals surface area contributed by atoms with Crippen LogP contribution in [0.4, 0.5) is 5.69 Å². The van der Waals surface area contributed by atoms with Crippen LogP contribution in [-0.4, -0.2) is 17.5 Å². The molecule has 5 heteroatoms. The first-order chi connectivity index (χ1) is 14.2. The first kappa shape index (κ1) is 18.7. The number of ether oxygens (including phenoxy) is 1. The average molecular weight is 386 g/mol. The molecule has 0 aliphatic heterocycles. The Kier molecular flexibility index (Phi) is 5.56. The summed E-state index contributed by atoms with van der Waals surface area (Å²) in [5.74, 6) is 1.97. The van der Waals surface area contributed by atoms with E-state index in [1.807, 2.05) is 73.7 Å². The summed E-state index contributed by atoms with van der Waals surface area (Å²) in [7, 11) is 0. The maximum absolute atomic E-state index is 12.4. The molecule has 0 saturated carbocycles. The second-order valence-corrected chi connectivity index (χ2v) is 6.65. The van der Waals surface area contributed by atoms with Crippen molar-refractivity contribution in [3.63, 3.8) is 0 Å². The van der Waals surface area contributed by atoms with Crippen LogP contribution in [0, 0.1) is 0 Å². The third-order valence-electron chi connectivity index (χ3n) is 4.63. The summed E-state index contributed by atoms with van der Waals surface area (Å²) in [5.41, 5.74) is 1.74. The zero-order valence-electron chi connectivity index (χ0n) is 16.2. The molecule has 4 rings (SSSR count). The minimum atomic E-state index is -0.0674. The Hall–Kier alpha value is -3.60. The lowest BCUT2D eigenvalue weighted by atomic mass is 10.1. The standard InChI is InChI=1S/C24H22N2O3/c1-2-28-19-12-10-18(11-13-19)22-16-25-24(29-22)15-14-23(27)26-21-9-5-7-17-6-3-4-8-20(17)21/h3-13,16H,2,14-15H2,1H3,(H,26,27). The highest BCUT2D eigenvalue weighted by Gasteiger charge is 2.10. The van der Waals surface area contributed by atoms with Crippen molar-refractivity contribution < 1.29 is 13.9 Å². The van der Waals surface area contributed by atoms with Gasteiger partial charge in [-0.3, -0.25) is 4.79 Å². The Bertz CT molecular complexity index is 1110. The van der Waals surface area contributed by atoms with Gasteiger partial charge in [-0.05, 0) is 42.6 Å². The molecule has 0 radical (unpaired) electrons. The molecular weight excluding hydrogens is 364 g/mol. The number of rotatable bonds is 7. The molecule has 0 aliphatic rings. The summed E-state index contributed by atoms with van der Waals surface area (Å²) >= 11 is 0. The smallest absolute Gasteiger partial charge is 0.224 e. The van der Waals surface area contributed by atoms with E-state index < -0.39 is 0 Å². The number of fused-ring (bicyclic) bond motifs is 1. The number of benzene rings is 3. The molecule has 0 spiro atoms. The van der Waals surface area contributed by atoms with Crippen LogP contribution in [0.2, 0.25) is 0 Å². The molecule has 0 saturated heterocycles. The number of anilines is 1. The van der Waals surface area contributed by atoms with Gasteiger partial charge in [0.1, 0.15) is 5.75 Å². The van der Waals surface area contributed by atoms with Gasteiger partial charge >= 0.3 is 0 Å². The highest BCUT2D eigenvalue weighted by Crippen LogP contribution is 2.25. The molecule has 0 unspecified atom stereocenters. The summed E-state index contributed by atoms with van der Waals surface area (Å²) in [4.78, 5) is 16.7. The van der Waals surface area contributed by atoms with E-state index >= 15 is 0 Å². The van der Waals surface area contributed by atoms with Crippen molar-refractivity contribution in [2.24, 2.45) is 0 Å². The van der Waals surface area contributed by atoms with Crippen LogP contribution >= 0.6 is 0 Å². The summed E-state index contributed by atoms with van der Waals surface area (Å²) in [6.07, 6.45) is 2.42. The lowest BCUT2D eigenvalue weighted by Gasteiger charge is -2.08. The Morgan fingerprint density at radius 3 is 2.66 bits per heavy atom. The van der Waals surface area contributed by atoms with Crippen molar-refractivity contribution in [3.8, 4) is 17.1 Å². The van der Waals surface area contributed by atoms with Crippen molar-refractivity contribution >= 4 is 22.4 Å². The van der Waals surface area contributed by atoms with Gasteiger partial charge in [-0.2, -0.15) is 0 Å². The van der Waals surface area contributed by atoms with Crippen LogP contribution in [0.1, 0.15) is 19.2 Å². The Morgan fingerprint density at radius 1 is 1.03 bits per heavy atom. The van der Waals surface area contributed by atoms with E-state index in [1.165, 1.54) is 0 Å². The van der Waals surface area contributed by atoms with Crippen LogP contribution in [0.5, 0.6) is 5.75 Å². The second kappa shape index (κ2) is 8.61. The molecule has 1 amide bonds. The van der Waals surface area contributed by atoms with Crippen molar-refractivity contribution in [2.75, 3.05) is 11.9 Å². The number of nitrogens with zero attached hydrogens (tertiary/aromatic N) is 1. The molecule has 1 N–H and O–H groups in total. The summed E-state index contributed by atoms with van der Waals surface area (Å²) < 4.78 is 11.3. The lowest BCUT2D eigenvalue weighted by Crippen LogP contribution is -2.12. The first-order valence-electron chi connectivity index (χ1n) is 9.68. The predicted molar refractivity (Wildman–Crippen MR) is 114 cm³/mol. The number of aryl methyl sites for hydroxylation is 1. The molecule has 29 heavy (non-hydrogen) atoms. The lowest BCUT2D eigenvalue weighted by molar-refractivity contribution is -0.116. The number of hydrogen-bond donors (Lipinski definition) is 1. The van der Waals surface area contributed by atoms with Gasteiger partial charge in [0.2, 0.25) is 5.91 Å². The van der Waals surface area contributed by atoms with Crippen molar-refractivity contribution in [3.05, 3.63) is 78.8 Å². The van der Waals surface area contributed by atoms with E-state index in [1.54, 1.807) is 6.20 Å². The quantitative estimate of drug-likeness (QED) is 0.458. The van der Waals surface area contributed by atoms with Crippen LogP contribution in [0.15, 0.2) is 77.3 Å². The molecular formula is C24H22N2O3. The fourth-order valence-electron chi connectivity index (χ4n) is 3.21. The highest BCUT2D eigenvalue weighted by atomic mass is 16.5. The molecule has 0 bridgehead atoms. The molecule has 3 aromatic carbocycles. The number of carbonyl (C=O) groups is 1. The molecule has 146 valence electrons. The number of nitrogens with one attached hydrogen (secondary N) is 1. The van der Waals surface area contributed by atoms with Crippen LogP contribution in [-0.2, 0) is 11.2 Å². The first-order valence-corrected chi connectivity index (χ1v) is 9.68. The zero-order chi connectivity index (χ0) is 20.1. The molecule has 5 nitrogen and oxygen atoms in total. The van der Waals surface area contributed by atoms with E-state index in [4.69, 9.17) is 9.15 Å². The van der Waals surface area contributed by atoms with Gasteiger partial charge in [0.05, 0.1) is 12.8 Å². The number of aromatic nitrogens is 1. The SMILES string of the molecule is CCOc1ccc(-c2cnc(CCC(=O)Nc3cccc4ccccc34)o2)cc1. The number of hydrogen-bond acceptors (Lipinski definition) is 4. The van der Waals surface area contributed by atoms with Gasteiger partial charge in [-0.15, -0.1) is 0 Å². The average Bonchev–Trinajstić information content (AvgIpc) is 3.22. The highest BCUT2D eigenvalue weighted by molar-refractivity contribution is 6.02. The molecule has 0 aliphatic carbocycles. The Morgan fingerprint density at radius 2 is 1.83 bits per heavy atom. The van der Waals surface area contributed by atoms with E-state index in [9.17, 15) is 4.79 Å². The Labute approximate surface area is 169 Å². The van der Waals surface area contributed by atoms with E-state index in [-0.39, 0.29) is 5.91 Å². The van der Waals surface area contributed by atoms with Crippen molar-refractivity contribution in [1.82, 2.24) is 4.98 Å². The zero-order valence-corrected chi connectivity index (χ0v) is 16.2. The van der Waals surface area contributed by atoms with Crippen LogP contribution in [0.25, 0.3) is 22.1 Å². The normalized spacial score (nSPS) is 10.8. The van der Waals surface area contributed by atoms with Gasteiger partial charge < -0.3 is 14.5 Å². The molecule has 4 aromatic rings. The third-order valence-corrected chi connectivity index (χ3v) is 4.63. The van der Waals surface area contributed by atoms with Gasteiger partial charge in [-0.25, -0.2) is 4.98 Å². The van der Waals surface area contributed by atoms with Crippen LogP contribution < -0.4 is 10.1 Å². The van der Waals surface area contributed by atoms with Gasteiger partial charge in [0, 0.05) is 29.5 Å². The Balaban J connectivity index is 1.37. The second-order valence-electron chi connectivity index (χ2n) is 6.65.